The molecule has 0 bridgehead atoms. The van der Waals surface area contributed by atoms with E-state index in [4.69, 9.17) is 23.2 Å². The first kappa shape index (κ1) is 15.6. The van der Waals surface area contributed by atoms with E-state index in [9.17, 15) is 8.42 Å². The highest BCUT2D eigenvalue weighted by Crippen LogP contribution is 2.24. The minimum Gasteiger partial charge on any atom is -0.280 e. The van der Waals surface area contributed by atoms with Crippen LogP contribution in [0.25, 0.3) is 0 Å². The third-order valence-corrected chi connectivity index (χ3v) is 4.95. The Bertz CT molecular complexity index is 697. The molecule has 0 aliphatic rings. The molecule has 2 rings (SSSR count). The number of alkyl halides is 1. The summed E-state index contributed by atoms with van der Waals surface area (Å²) < 4.78 is 26.9. The van der Waals surface area contributed by atoms with E-state index in [0.717, 1.165) is 5.56 Å². The number of nitrogens with one attached hydrogen (secondary N) is 1. The molecule has 7 heteroatoms. The van der Waals surface area contributed by atoms with Gasteiger partial charge in [-0.1, -0.05) is 51.3 Å². The van der Waals surface area contributed by atoms with Crippen molar-refractivity contribution in [3.05, 3.63) is 58.1 Å². The van der Waals surface area contributed by atoms with E-state index < -0.39 is 10.0 Å². The molecule has 2 aromatic carbocycles. The Hall–Kier alpha value is -0.750. The predicted molar refractivity (Wildman–Crippen MR) is 86.3 cm³/mol. The van der Waals surface area contributed by atoms with E-state index in [-0.39, 0.29) is 14.9 Å². The molecule has 0 aliphatic heterocycles. The molecular formula is C13H10BrCl2NO2S. The number of sulfonamides is 1. The van der Waals surface area contributed by atoms with Crippen molar-refractivity contribution in [1.29, 1.82) is 0 Å². The summed E-state index contributed by atoms with van der Waals surface area (Å²) in [4.78, 5) is 0.0274. The van der Waals surface area contributed by atoms with E-state index in [1.165, 1.54) is 18.2 Å². The highest BCUT2D eigenvalue weighted by molar-refractivity contribution is 9.08. The van der Waals surface area contributed by atoms with Crippen molar-refractivity contribution >= 4 is 54.8 Å². The molecule has 2 aromatic rings. The van der Waals surface area contributed by atoms with Gasteiger partial charge >= 0.3 is 0 Å². The zero-order chi connectivity index (χ0) is 14.8. The van der Waals surface area contributed by atoms with E-state index in [1.807, 2.05) is 12.1 Å². The fourth-order valence-corrected chi connectivity index (χ4v) is 3.72. The van der Waals surface area contributed by atoms with Crippen molar-refractivity contribution in [1.82, 2.24) is 0 Å². The largest absolute Gasteiger partial charge is 0.280 e. The summed E-state index contributed by atoms with van der Waals surface area (Å²) in [6.07, 6.45) is 0. The molecular weight excluding hydrogens is 385 g/mol. The smallest absolute Gasteiger partial charge is 0.261 e. The summed E-state index contributed by atoms with van der Waals surface area (Å²) >= 11 is 15.0. The molecule has 0 heterocycles. The van der Waals surface area contributed by atoms with Gasteiger partial charge in [-0.15, -0.1) is 0 Å². The lowest BCUT2D eigenvalue weighted by Crippen LogP contribution is -2.12. The Morgan fingerprint density at radius 3 is 2.05 bits per heavy atom. The van der Waals surface area contributed by atoms with Crippen LogP contribution in [0.2, 0.25) is 10.0 Å². The van der Waals surface area contributed by atoms with Crippen LogP contribution in [0.1, 0.15) is 5.56 Å². The van der Waals surface area contributed by atoms with Crippen LogP contribution >= 0.6 is 39.1 Å². The van der Waals surface area contributed by atoms with Gasteiger partial charge in [-0.2, -0.15) is 0 Å². The molecule has 0 amide bonds. The second kappa shape index (κ2) is 6.35. The van der Waals surface area contributed by atoms with Crippen LogP contribution in [0.4, 0.5) is 5.69 Å². The fraction of sp³-hybridized carbons (Fsp3) is 0.0769. The Labute approximate surface area is 136 Å². The molecule has 0 saturated carbocycles. The second-order valence-electron chi connectivity index (χ2n) is 4.04. The van der Waals surface area contributed by atoms with Crippen molar-refractivity contribution in [3.63, 3.8) is 0 Å². The molecule has 0 radical (unpaired) electrons. The third kappa shape index (κ3) is 3.88. The van der Waals surface area contributed by atoms with Crippen LogP contribution in [-0.2, 0) is 15.4 Å². The van der Waals surface area contributed by atoms with Gasteiger partial charge in [0, 0.05) is 21.1 Å². The minimum absolute atomic E-state index is 0.0274. The maximum absolute atomic E-state index is 12.2. The Morgan fingerprint density at radius 1 is 1.00 bits per heavy atom. The van der Waals surface area contributed by atoms with E-state index in [1.54, 1.807) is 12.1 Å². The molecule has 1 N–H and O–H groups in total. The normalized spacial score (nSPS) is 11.3. The van der Waals surface area contributed by atoms with Gasteiger partial charge in [0.15, 0.2) is 0 Å². The van der Waals surface area contributed by atoms with E-state index in [0.29, 0.717) is 11.0 Å². The number of rotatable bonds is 4. The molecule has 0 aromatic heterocycles. The van der Waals surface area contributed by atoms with Crippen LogP contribution in [0.3, 0.4) is 0 Å². The van der Waals surface area contributed by atoms with E-state index in [2.05, 4.69) is 20.7 Å². The number of hydrogen-bond donors (Lipinski definition) is 1. The SMILES string of the molecule is O=S(=O)(Nc1ccc(CBr)cc1)c1cc(Cl)cc(Cl)c1. The Kier molecular flexibility index (Phi) is 4.96. The van der Waals surface area contributed by atoms with Gasteiger partial charge in [0.1, 0.15) is 0 Å². The first-order valence-electron chi connectivity index (χ1n) is 5.54. The lowest BCUT2D eigenvalue weighted by molar-refractivity contribution is 0.601. The fourth-order valence-electron chi connectivity index (χ4n) is 1.56. The van der Waals surface area contributed by atoms with Crippen molar-refractivity contribution in [3.8, 4) is 0 Å². The number of hydrogen-bond acceptors (Lipinski definition) is 2. The van der Waals surface area contributed by atoms with Gasteiger partial charge in [-0.25, -0.2) is 8.42 Å². The van der Waals surface area contributed by atoms with Crippen LogP contribution in [0, 0.1) is 0 Å². The van der Waals surface area contributed by atoms with Crippen LogP contribution in [0.15, 0.2) is 47.4 Å². The maximum Gasteiger partial charge on any atom is 0.261 e. The maximum atomic E-state index is 12.2. The molecule has 3 nitrogen and oxygen atoms in total. The lowest BCUT2D eigenvalue weighted by atomic mass is 10.2. The average molecular weight is 395 g/mol. The van der Waals surface area contributed by atoms with Gasteiger partial charge in [0.2, 0.25) is 0 Å². The minimum atomic E-state index is -3.71. The number of halogens is 3. The molecule has 0 spiro atoms. The standard InChI is InChI=1S/C13H10BrCl2NO2S/c14-8-9-1-3-12(4-2-9)17-20(18,19)13-6-10(15)5-11(16)7-13/h1-7,17H,8H2. The quantitative estimate of drug-likeness (QED) is 0.764. The molecule has 0 atom stereocenters. The third-order valence-electron chi connectivity index (χ3n) is 2.51. The molecule has 0 saturated heterocycles. The first-order valence-corrected chi connectivity index (χ1v) is 8.90. The summed E-state index contributed by atoms with van der Waals surface area (Å²) in [7, 11) is -3.71. The van der Waals surface area contributed by atoms with Crippen LogP contribution in [-0.4, -0.2) is 8.42 Å². The molecule has 0 aliphatic carbocycles. The van der Waals surface area contributed by atoms with Crippen LogP contribution < -0.4 is 4.72 Å². The summed E-state index contributed by atoms with van der Waals surface area (Å²) in [5, 5.41) is 1.25. The van der Waals surface area contributed by atoms with Gasteiger partial charge in [-0.05, 0) is 35.9 Å². The van der Waals surface area contributed by atoms with Crippen LogP contribution in [0.5, 0.6) is 0 Å². The van der Waals surface area contributed by atoms with E-state index >= 15 is 0 Å². The van der Waals surface area contributed by atoms with Gasteiger partial charge in [0.25, 0.3) is 10.0 Å². The topological polar surface area (TPSA) is 46.2 Å². The number of anilines is 1. The van der Waals surface area contributed by atoms with Gasteiger partial charge in [-0.3, -0.25) is 4.72 Å². The average Bonchev–Trinajstić information content (AvgIpc) is 2.38. The summed E-state index contributed by atoms with van der Waals surface area (Å²) in [6.45, 7) is 0. The summed E-state index contributed by atoms with van der Waals surface area (Å²) in [6, 6.07) is 11.2. The van der Waals surface area contributed by atoms with Crippen molar-refractivity contribution in [2.75, 3.05) is 4.72 Å². The number of benzene rings is 2. The summed E-state index contributed by atoms with van der Waals surface area (Å²) in [5.41, 5.74) is 1.53. The lowest BCUT2D eigenvalue weighted by Gasteiger charge is -2.09. The molecule has 0 unspecified atom stereocenters. The van der Waals surface area contributed by atoms with Gasteiger partial charge < -0.3 is 0 Å². The second-order valence-corrected chi connectivity index (χ2v) is 7.16. The zero-order valence-electron chi connectivity index (χ0n) is 10.1. The monoisotopic (exact) mass is 393 g/mol. The zero-order valence-corrected chi connectivity index (χ0v) is 14.0. The van der Waals surface area contributed by atoms with Gasteiger partial charge in [0.05, 0.1) is 4.90 Å². The Balaban J connectivity index is 2.30. The predicted octanol–water partition coefficient (Wildman–Crippen LogP) is 4.69. The van der Waals surface area contributed by atoms with Crippen molar-refractivity contribution < 1.29 is 8.42 Å². The molecule has 106 valence electrons. The van der Waals surface area contributed by atoms with Crippen molar-refractivity contribution in [2.24, 2.45) is 0 Å². The molecule has 0 fully saturated rings. The Morgan fingerprint density at radius 2 is 1.55 bits per heavy atom. The van der Waals surface area contributed by atoms with Crippen molar-refractivity contribution in [2.45, 2.75) is 10.2 Å². The summed E-state index contributed by atoms with van der Waals surface area (Å²) in [5.74, 6) is 0. The molecule has 20 heavy (non-hydrogen) atoms. The highest BCUT2D eigenvalue weighted by Gasteiger charge is 2.15. The highest BCUT2D eigenvalue weighted by atomic mass is 79.9. The first-order chi connectivity index (χ1) is 9.40.